The summed E-state index contributed by atoms with van der Waals surface area (Å²) in [5.41, 5.74) is 6.58. The van der Waals surface area contributed by atoms with Gasteiger partial charge < -0.3 is 20.7 Å². The smallest absolute Gasteiger partial charge is 0.425 e. The zero-order valence-corrected chi connectivity index (χ0v) is 17.0. The topological polar surface area (TPSA) is 102 Å². The molecule has 0 saturated carbocycles. The van der Waals surface area contributed by atoms with Crippen molar-refractivity contribution < 1.29 is 31.9 Å². The minimum Gasteiger partial charge on any atom is -0.437 e. The fourth-order valence-electron chi connectivity index (χ4n) is 3.10. The molecule has 172 valence electrons. The summed E-state index contributed by atoms with van der Waals surface area (Å²) in [6.45, 7) is 4.76. The molecular formula is C20H21F4N5O3. The van der Waals surface area contributed by atoms with Crippen molar-refractivity contribution in [2.45, 2.75) is 31.7 Å². The molecule has 2 amide bonds. The summed E-state index contributed by atoms with van der Waals surface area (Å²) in [7, 11) is 0. The highest BCUT2D eigenvalue weighted by Crippen LogP contribution is 2.30. The van der Waals surface area contributed by atoms with Crippen LogP contribution in [0.25, 0.3) is 0 Å². The number of hydrogen-bond acceptors (Lipinski definition) is 5. The van der Waals surface area contributed by atoms with Gasteiger partial charge in [0.25, 0.3) is 5.91 Å². The van der Waals surface area contributed by atoms with Gasteiger partial charge in [-0.15, -0.1) is 0 Å². The number of alkyl halides is 3. The van der Waals surface area contributed by atoms with E-state index in [1.54, 1.807) is 0 Å². The molecule has 1 aromatic carbocycles. The first-order valence-corrected chi connectivity index (χ1v) is 9.57. The number of piperidine rings is 1. The Kier molecular flexibility index (Phi) is 6.42. The Morgan fingerprint density at radius 1 is 1.31 bits per heavy atom. The number of nitrogens with two attached hydrogens (primary N) is 1. The van der Waals surface area contributed by atoms with Gasteiger partial charge in [-0.05, 0) is 43.2 Å². The van der Waals surface area contributed by atoms with E-state index in [1.165, 1.54) is 35.1 Å². The van der Waals surface area contributed by atoms with Crippen molar-refractivity contribution in [3.63, 3.8) is 0 Å². The number of nitrogens with one attached hydrogen (secondary N) is 1. The molecule has 2 heterocycles. The average molecular weight is 455 g/mol. The summed E-state index contributed by atoms with van der Waals surface area (Å²) in [5, 5.41) is 7.18. The number of benzene rings is 1. The van der Waals surface area contributed by atoms with Gasteiger partial charge in [-0.3, -0.25) is 9.48 Å². The number of primary amides is 1. The first kappa shape index (κ1) is 23.1. The molecule has 1 unspecified atom stereocenters. The van der Waals surface area contributed by atoms with Crippen LogP contribution >= 0.6 is 0 Å². The predicted molar refractivity (Wildman–Crippen MR) is 107 cm³/mol. The van der Waals surface area contributed by atoms with Crippen LogP contribution in [0.1, 0.15) is 29.7 Å². The highest BCUT2D eigenvalue weighted by Gasteiger charge is 2.40. The second-order valence-corrected chi connectivity index (χ2v) is 7.31. The largest absolute Gasteiger partial charge is 0.437 e. The molecule has 32 heavy (non-hydrogen) atoms. The Morgan fingerprint density at radius 2 is 1.97 bits per heavy atom. The van der Waals surface area contributed by atoms with Crippen molar-refractivity contribution in [1.82, 2.24) is 14.7 Å². The third kappa shape index (κ3) is 5.18. The molecular weight excluding hydrogens is 434 g/mol. The number of nitrogens with zero attached hydrogens (tertiary/aromatic N) is 3. The van der Waals surface area contributed by atoms with Crippen LogP contribution in [0.3, 0.4) is 0 Å². The number of anilines is 2. The third-order valence-electron chi connectivity index (χ3n) is 4.99. The minimum absolute atomic E-state index is 0.0347. The van der Waals surface area contributed by atoms with E-state index in [0.29, 0.717) is 17.7 Å². The molecule has 1 aromatic heterocycles. The van der Waals surface area contributed by atoms with E-state index in [9.17, 15) is 27.2 Å². The Hall–Kier alpha value is -3.57. The molecule has 8 nitrogen and oxygen atoms in total. The quantitative estimate of drug-likeness (QED) is 0.528. The second-order valence-electron chi connectivity index (χ2n) is 7.31. The van der Waals surface area contributed by atoms with Crippen molar-refractivity contribution in [3.05, 3.63) is 54.0 Å². The van der Waals surface area contributed by atoms with Crippen LogP contribution in [0.4, 0.5) is 33.9 Å². The number of hydrogen-bond donors (Lipinski definition) is 2. The average Bonchev–Trinajstić information content (AvgIpc) is 3.13. The molecule has 1 fully saturated rings. The van der Waals surface area contributed by atoms with Crippen LogP contribution in [0.2, 0.25) is 0 Å². The van der Waals surface area contributed by atoms with Gasteiger partial charge in [-0.2, -0.15) is 18.3 Å². The molecule has 0 radical (unpaired) electrons. The maximum atomic E-state index is 13.1. The van der Waals surface area contributed by atoms with Crippen LogP contribution < -0.4 is 11.1 Å². The third-order valence-corrected chi connectivity index (χ3v) is 4.99. The summed E-state index contributed by atoms with van der Waals surface area (Å²) in [4.78, 5) is 25.2. The lowest BCUT2D eigenvalue weighted by molar-refractivity contribution is -0.199. The van der Waals surface area contributed by atoms with Crippen molar-refractivity contribution in [3.8, 4) is 0 Å². The zero-order chi connectivity index (χ0) is 23.6. The molecule has 1 aliphatic heterocycles. The number of amides is 2. The first-order valence-electron chi connectivity index (χ1n) is 9.57. The molecule has 2 aromatic rings. The van der Waals surface area contributed by atoms with Gasteiger partial charge in [0.15, 0.2) is 11.9 Å². The van der Waals surface area contributed by atoms with Gasteiger partial charge in [0.05, 0.1) is 12.6 Å². The van der Waals surface area contributed by atoms with Gasteiger partial charge >= 0.3 is 12.3 Å². The summed E-state index contributed by atoms with van der Waals surface area (Å²) < 4.78 is 57.1. The van der Waals surface area contributed by atoms with Gasteiger partial charge in [0.1, 0.15) is 11.4 Å². The van der Waals surface area contributed by atoms with Crippen LogP contribution in [-0.2, 0) is 4.74 Å². The summed E-state index contributed by atoms with van der Waals surface area (Å²) in [6, 6.07) is 4.70. The van der Waals surface area contributed by atoms with Crippen molar-refractivity contribution in [1.29, 1.82) is 0 Å². The standard InChI is InChI=1S/C20H21F4N5O3/c1-11-7-8-28(19(31)32-12(2)20(22,23)24)10-16(11)29-9-15(17(25)30)18(27-29)26-14-5-3-13(21)4-6-14/h3-6,9,12,16H,1,7-8,10H2,2H3,(H2,25,30)(H,26,27)/t12?,16-/m1/s1. The van der Waals surface area contributed by atoms with Gasteiger partial charge in [0.2, 0.25) is 0 Å². The first-order chi connectivity index (χ1) is 15.0. The maximum Gasteiger partial charge on any atom is 0.425 e. The Balaban J connectivity index is 1.81. The van der Waals surface area contributed by atoms with E-state index in [-0.39, 0.29) is 24.5 Å². The monoisotopic (exact) mass is 455 g/mol. The lowest BCUT2D eigenvalue weighted by Crippen LogP contribution is -2.44. The predicted octanol–water partition coefficient (Wildman–Crippen LogP) is 3.76. The number of carbonyl (C=O) groups is 2. The van der Waals surface area contributed by atoms with E-state index < -0.39 is 36.1 Å². The second kappa shape index (κ2) is 8.89. The van der Waals surface area contributed by atoms with Crippen molar-refractivity contribution in [2.24, 2.45) is 5.73 Å². The highest BCUT2D eigenvalue weighted by atomic mass is 19.4. The van der Waals surface area contributed by atoms with E-state index in [4.69, 9.17) is 5.73 Å². The van der Waals surface area contributed by atoms with E-state index >= 15 is 0 Å². The van der Waals surface area contributed by atoms with E-state index in [1.807, 2.05) is 0 Å². The van der Waals surface area contributed by atoms with Crippen LogP contribution in [0, 0.1) is 5.82 Å². The normalized spacial score (nSPS) is 17.7. The number of carbonyl (C=O) groups excluding carboxylic acids is 2. The molecule has 3 N–H and O–H groups in total. The SMILES string of the molecule is C=C1CCN(C(=O)OC(C)C(F)(F)F)C[C@H]1n1cc(C(N)=O)c(Nc2ccc(F)cc2)n1. The number of rotatable bonds is 5. The molecule has 1 saturated heterocycles. The Morgan fingerprint density at radius 3 is 2.56 bits per heavy atom. The molecule has 1 aliphatic rings. The molecule has 2 atom stereocenters. The van der Waals surface area contributed by atoms with Gasteiger partial charge in [-0.25, -0.2) is 9.18 Å². The summed E-state index contributed by atoms with van der Waals surface area (Å²) in [5.74, 6) is -1.12. The summed E-state index contributed by atoms with van der Waals surface area (Å²) in [6.07, 6.45) is -6.38. The zero-order valence-electron chi connectivity index (χ0n) is 17.0. The van der Waals surface area contributed by atoms with Crippen molar-refractivity contribution >= 4 is 23.5 Å². The number of ether oxygens (including phenoxy) is 1. The Labute approximate surface area is 180 Å². The van der Waals surface area contributed by atoms with Crippen LogP contribution in [0.15, 0.2) is 42.6 Å². The van der Waals surface area contributed by atoms with E-state index in [2.05, 4.69) is 21.7 Å². The molecule has 0 bridgehead atoms. The number of likely N-dealkylation sites (tertiary alicyclic amines) is 1. The fraction of sp³-hybridized carbons (Fsp3) is 0.350. The molecule has 12 heteroatoms. The lowest BCUT2D eigenvalue weighted by atomic mass is 10.0. The maximum absolute atomic E-state index is 13.1. The summed E-state index contributed by atoms with van der Waals surface area (Å²) >= 11 is 0. The van der Waals surface area contributed by atoms with E-state index in [0.717, 1.165) is 11.8 Å². The minimum atomic E-state index is -4.67. The fourth-order valence-corrected chi connectivity index (χ4v) is 3.10. The van der Waals surface area contributed by atoms with Gasteiger partial charge in [-0.1, -0.05) is 6.58 Å². The van der Waals surface area contributed by atoms with Gasteiger partial charge in [0, 0.05) is 18.4 Å². The molecule has 3 rings (SSSR count). The highest BCUT2D eigenvalue weighted by molar-refractivity contribution is 5.98. The van der Waals surface area contributed by atoms with Crippen LogP contribution in [-0.4, -0.2) is 52.1 Å². The molecule has 0 spiro atoms. The van der Waals surface area contributed by atoms with Crippen LogP contribution in [0.5, 0.6) is 0 Å². The number of aromatic nitrogens is 2. The van der Waals surface area contributed by atoms with Crippen molar-refractivity contribution in [2.75, 3.05) is 18.4 Å². The molecule has 0 aliphatic carbocycles. The lowest BCUT2D eigenvalue weighted by Gasteiger charge is -2.34. The number of halogens is 4. The Bertz CT molecular complexity index is 1020.